The fourth-order valence-electron chi connectivity index (χ4n) is 1.96. The van der Waals surface area contributed by atoms with Crippen molar-refractivity contribution in [3.8, 4) is 5.88 Å². The summed E-state index contributed by atoms with van der Waals surface area (Å²) in [5.41, 5.74) is 6.48. The number of aromatic nitrogens is 2. The number of nitrogens with zero attached hydrogens (tertiary/aromatic N) is 3. The molecule has 106 valence electrons. The Morgan fingerprint density at radius 1 is 1.58 bits per heavy atom. The summed E-state index contributed by atoms with van der Waals surface area (Å²) < 4.78 is 11.0. The maximum absolute atomic E-state index is 9.16. The van der Waals surface area contributed by atoms with Crippen molar-refractivity contribution in [1.82, 2.24) is 9.97 Å². The third kappa shape index (κ3) is 3.24. The molecule has 1 aliphatic heterocycles. The minimum atomic E-state index is -0.211. The van der Waals surface area contributed by atoms with Crippen LogP contribution in [0.1, 0.15) is 13.8 Å². The van der Waals surface area contributed by atoms with Gasteiger partial charge in [0.25, 0.3) is 0 Å². The molecule has 0 spiro atoms. The third-order valence-corrected chi connectivity index (χ3v) is 2.82. The molecule has 7 heteroatoms. The van der Waals surface area contributed by atoms with E-state index < -0.39 is 0 Å². The number of nitrogens with two attached hydrogens (primary N) is 1. The van der Waals surface area contributed by atoms with Gasteiger partial charge >= 0.3 is 0 Å². The highest BCUT2D eigenvalue weighted by molar-refractivity contribution is 5.67. The molecule has 2 rings (SSSR count). The number of anilines is 2. The highest BCUT2D eigenvalue weighted by atomic mass is 16.5. The average molecular weight is 268 g/mol. The quantitative estimate of drug-likeness (QED) is 0.796. The maximum Gasteiger partial charge on any atom is 0.242 e. The molecule has 1 unspecified atom stereocenters. The number of ether oxygens (including phenoxy) is 2. The Bertz CT molecular complexity index is 427. The van der Waals surface area contributed by atoms with Crippen LogP contribution in [-0.2, 0) is 4.74 Å². The molecule has 0 aliphatic carbocycles. The highest BCUT2D eigenvalue weighted by Gasteiger charge is 2.24. The van der Waals surface area contributed by atoms with Crippen LogP contribution in [0.15, 0.2) is 6.33 Å². The molecule has 0 bridgehead atoms. The molecule has 1 aliphatic rings. The van der Waals surface area contributed by atoms with E-state index in [0.29, 0.717) is 37.1 Å². The van der Waals surface area contributed by atoms with Gasteiger partial charge in [-0.05, 0) is 13.8 Å². The summed E-state index contributed by atoms with van der Waals surface area (Å²) in [5, 5.41) is 9.16. The Morgan fingerprint density at radius 2 is 2.37 bits per heavy atom. The molecule has 1 atom stereocenters. The SMILES string of the molecule is CC(C)Oc1ncnc(N2CCOC(CO)C2)c1N. The van der Waals surface area contributed by atoms with Gasteiger partial charge in [-0.15, -0.1) is 0 Å². The van der Waals surface area contributed by atoms with Crippen LogP contribution in [0.25, 0.3) is 0 Å². The lowest BCUT2D eigenvalue weighted by molar-refractivity contribution is 0.00338. The summed E-state index contributed by atoms with van der Waals surface area (Å²) >= 11 is 0. The number of nitrogen functional groups attached to an aromatic ring is 1. The fraction of sp³-hybridized carbons (Fsp3) is 0.667. The standard InChI is InChI=1S/C12H20N4O3/c1-8(2)19-12-10(13)11(14-7-15-12)16-3-4-18-9(5-16)6-17/h7-9,17H,3-6,13H2,1-2H3. The molecular formula is C12H20N4O3. The first-order valence-corrected chi connectivity index (χ1v) is 6.36. The van der Waals surface area contributed by atoms with Crippen molar-refractivity contribution in [2.24, 2.45) is 0 Å². The molecule has 0 aromatic carbocycles. The topological polar surface area (TPSA) is 93.7 Å². The molecule has 0 saturated carbocycles. The summed E-state index contributed by atoms with van der Waals surface area (Å²) in [4.78, 5) is 10.2. The first-order chi connectivity index (χ1) is 9.11. The first-order valence-electron chi connectivity index (χ1n) is 6.36. The third-order valence-electron chi connectivity index (χ3n) is 2.82. The molecule has 0 amide bonds. The highest BCUT2D eigenvalue weighted by Crippen LogP contribution is 2.29. The molecule has 2 heterocycles. The number of aliphatic hydroxyl groups is 1. The molecule has 3 N–H and O–H groups in total. The van der Waals surface area contributed by atoms with Crippen molar-refractivity contribution < 1.29 is 14.6 Å². The molecular weight excluding hydrogens is 248 g/mol. The van der Waals surface area contributed by atoms with Crippen LogP contribution in [0.5, 0.6) is 5.88 Å². The van der Waals surface area contributed by atoms with Gasteiger partial charge < -0.3 is 25.2 Å². The van der Waals surface area contributed by atoms with E-state index in [1.54, 1.807) is 0 Å². The van der Waals surface area contributed by atoms with Crippen molar-refractivity contribution in [3.05, 3.63) is 6.33 Å². The zero-order chi connectivity index (χ0) is 13.8. The molecule has 1 aromatic heterocycles. The minimum Gasteiger partial charge on any atom is -0.473 e. The molecule has 7 nitrogen and oxygen atoms in total. The summed E-state index contributed by atoms with van der Waals surface area (Å²) in [6, 6.07) is 0. The smallest absolute Gasteiger partial charge is 0.242 e. The van der Waals surface area contributed by atoms with Crippen molar-refractivity contribution in [3.63, 3.8) is 0 Å². The molecule has 1 saturated heterocycles. The predicted octanol–water partition coefficient (Wildman–Crippen LogP) is 0.0435. The van der Waals surface area contributed by atoms with Gasteiger partial charge in [-0.2, -0.15) is 4.98 Å². The van der Waals surface area contributed by atoms with Gasteiger partial charge in [-0.3, -0.25) is 0 Å². The van der Waals surface area contributed by atoms with E-state index in [4.69, 9.17) is 20.3 Å². The molecule has 0 radical (unpaired) electrons. The van der Waals surface area contributed by atoms with Crippen LogP contribution in [0.3, 0.4) is 0 Å². The Morgan fingerprint density at radius 3 is 3.05 bits per heavy atom. The van der Waals surface area contributed by atoms with Crippen LogP contribution < -0.4 is 15.4 Å². The number of hydrogen-bond donors (Lipinski definition) is 2. The van der Waals surface area contributed by atoms with Gasteiger partial charge in [0.2, 0.25) is 5.88 Å². The maximum atomic E-state index is 9.16. The average Bonchev–Trinajstić information content (AvgIpc) is 2.41. The van der Waals surface area contributed by atoms with Crippen LogP contribution in [-0.4, -0.2) is 53.6 Å². The second kappa shape index (κ2) is 6.03. The lowest BCUT2D eigenvalue weighted by Crippen LogP contribution is -2.44. The molecule has 1 fully saturated rings. The van der Waals surface area contributed by atoms with Gasteiger partial charge in [-0.1, -0.05) is 0 Å². The van der Waals surface area contributed by atoms with Crippen LogP contribution in [0, 0.1) is 0 Å². The largest absolute Gasteiger partial charge is 0.473 e. The molecule has 19 heavy (non-hydrogen) atoms. The summed E-state index contributed by atoms with van der Waals surface area (Å²) in [7, 11) is 0. The van der Waals surface area contributed by atoms with Crippen molar-refractivity contribution in [1.29, 1.82) is 0 Å². The second-order valence-electron chi connectivity index (χ2n) is 4.70. The first kappa shape index (κ1) is 13.8. The van der Waals surface area contributed by atoms with Gasteiger partial charge in [0.15, 0.2) is 5.82 Å². The lowest BCUT2D eigenvalue weighted by atomic mass is 10.2. The molecule has 1 aromatic rings. The van der Waals surface area contributed by atoms with E-state index >= 15 is 0 Å². The summed E-state index contributed by atoms with van der Waals surface area (Å²) in [6.07, 6.45) is 1.23. The Kier molecular flexibility index (Phi) is 4.39. The zero-order valence-corrected chi connectivity index (χ0v) is 11.2. The lowest BCUT2D eigenvalue weighted by Gasteiger charge is -2.33. The number of morpholine rings is 1. The van der Waals surface area contributed by atoms with Crippen molar-refractivity contribution in [2.75, 3.05) is 36.9 Å². The number of rotatable bonds is 4. The van der Waals surface area contributed by atoms with E-state index in [1.165, 1.54) is 6.33 Å². The Balaban J connectivity index is 2.19. The fourth-order valence-corrected chi connectivity index (χ4v) is 1.96. The van der Waals surface area contributed by atoms with E-state index in [9.17, 15) is 0 Å². The second-order valence-corrected chi connectivity index (χ2v) is 4.70. The zero-order valence-electron chi connectivity index (χ0n) is 11.2. The van der Waals surface area contributed by atoms with Crippen molar-refractivity contribution in [2.45, 2.75) is 26.1 Å². The predicted molar refractivity (Wildman–Crippen MR) is 71.2 cm³/mol. The Hall–Kier alpha value is -1.60. The van der Waals surface area contributed by atoms with Crippen molar-refractivity contribution >= 4 is 11.5 Å². The van der Waals surface area contributed by atoms with Crippen LogP contribution in [0.2, 0.25) is 0 Å². The van der Waals surface area contributed by atoms with Gasteiger partial charge in [-0.25, -0.2) is 4.98 Å². The Labute approximate surface area is 112 Å². The minimum absolute atomic E-state index is 0.0000653. The summed E-state index contributed by atoms with van der Waals surface area (Å²) in [6.45, 7) is 5.58. The normalized spacial score (nSPS) is 19.8. The number of hydrogen-bond acceptors (Lipinski definition) is 7. The van der Waals surface area contributed by atoms with E-state index in [1.807, 2.05) is 18.7 Å². The van der Waals surface area contributed by atoms with Gasteiger partial charge in [0.1, 0.15) is 12.0 Å². The van der Waals surface area contributed by atoms with E-state index in [0.717, 1.165) is 0 Å². The van der Waals surface area contributed by atoms with Gasteiger partial charge in [0, 0.05) is 13.1 Å². The summed E-state index contributed by atoms with van der Waals surface area (Å²) in [5.74, 6) is 1.03. The number of aliphatic hydroxyl groups excluding tert-OH is 1. The van der Waals surface area contributed by atoms with E-state index in [-0.39, 0.29) is 18.8 Å². The van der Waals surface area contributed by atoms with Gasteiger partial charge in [0.05, 0.1) is 25.4 Å². The van der Waals surface area contributed by atoms with Crippen LogP contribution >= 0.6 is 0 Å². The van der Waals surface area contributed by atoms with Crippen LogP contribution in [0.4, 0.5) is 11.5 Å². The monoisotopic (exact) mass is 268 g/mol. The van der Waals surface area contributed by atoms with E-state index in [2.05, 4.69) is 9.97 Å².